The highest BCUT2D eigenvalue weighted by atomic mass is 32.2. The molecule has 0 fully saturated rings. The second kappa shape index (κ2) is 13.9. The zero-order valence-corrected chi connectivity index (χ0v) is 39.3. The van der Waals surface area contributed by atoms with Gasteiger partial charge < -0.3 is 4.90 Å². The summed E-state index contributed by atoms with van der Waals surface area (Å²) in [6.45, 7) is 4.78. The maximum atomic E-state index is 2.54. The summed E-state index contributed by atoms with van der Waals surface area (Å²) in [5.74, 6) is 0. The molecule has 68 heavy (non-hydrogen) atoms. The average Bonchev–Trinajstić information content (AvgIpc) is 3.93. The summed E-state index contributed by atoms with van der Waals surface area (Å²) >= 11 is 3.79. The quantitative estimate of drug-likeness (QED) is 0.174. The zero-order valence-electron chi connectivity index (χ0n) is 37.6. The monoisotopic (exact) mass is 901 g/mol. The molecule has 10 aromatic rings. The van der Waals surface area contributed by atoms with Gasteiger partial charge in [-0.2, -0.15) is 0 Å². The SMILES string of the molecule is CC1(C)c2ccccc2-c2ccc(N(c3ccc4c(c3)-c3ccccc3C43c4ccccc4Sc4ccccc43)c3ccc4c(c3)-c3ccccc3C43c4ccccc4Sc4ccccc43)cc21. The number of rotatable bonds is 3. The molecular formula is C65H43NS2. The van der Waals surface area contributed by atoms with E-state index < -0.39 is 10.8 Å². The maximum Gasteiger partial charge on any atom is 0.0735 e. The molecule has 0 saturated heterocycles. The fourth-order valence-electron chi connectivity index (χ4n) is 13.3. The number of hydrogen-bond donors (Lipinski definition) is 0. The van der Waals surface area contributed by atoms with Crippen LogP contribution < -0.4 is 4.90 Å². The Morgan fingerprint density at radius 3 is 1.01 bits per heavy atom. The Hall–Kier alpha value is -7.30. The van der Waals surface area contributed by atoms with Gasteiger partial charge in [0, 0.05) is 42.1 Å². The Morgan fingerprint density at radius 2 is 0.574 bits per heavy atom. The van der Waals surface area contributed by atoms with Crippen molar-refractivity contribution < 1.29 is 0 Å². The van der Waals surface area contributed by atoms with Crippen LogP contribution in [0.5, 0.6) is 0 Å². The molecule has 0 bridgehead atoms. The summed E-state index contributed by atoms with van der Waals surface area (Å²) in [5, 5.41) is 0. The Bertz CT molecular complexity index is 3530. The van der Waals surface area contributed by atoms with E-state index in [0.29, 0.717) is 0 Å². The van der Waals surface area contributed by atoms with Gasteiger partial charge in [-0.3, -0.25) is 0 Å². The molecule has 10 aromatic carbocycles. The average molecular weight is 902 g/mol. The van der Waals surface area contributed by atoms with Crippen LogP contribution in [0, 0.1) is 0 Å². The Morgan fingerprint density at radius 1 is 0.265 bits per heavy atom. The number of fused-ring (bicyclic) bond motifs is 21. The molecule has 0 saturated carbocycles. The van der Waals surface area contributed by atoms with Crippen LogP contribution in [0.1, 0.15) is 69.5 Å². The minimum atomic E-state index is -0.437. The van der Waals surface area contributed by atoms with Crippen molar-refractivity contribution in [2.75, 3.05) is 4.90 Å². The lowest BCUT2D eigenvalue weighted by Gasteiger charge is -2.40. The van der Waals surface area contributed by atoms with Crippen LogP contribution in [0.4, 0.5) is 17.1 Å². The van der Waals surface area contributed by atoms with Gasteiger partial charge in [0.2, 0.25) is 0 Å². The number of nitrogens with zero attached hydrogens (tertiary/aromatic N) is 1. The second-order valence-corrected chi connectivity index (χ2v) is 21.6. The van der Waals surface area contributed by atoms with Gasteiger partial charge >= 0.3 is 0 Å². The molecule has 0 radical (unpaired) electrons. The fourth-order valence-corrected chi connectivity index (χ4v) is 15.6. The molecule has 2 aliphatic heterocycles. The smallest absolute Gasteiger partial charge is 0.0735 e. The van der Waals surface area contributed by atoms with Crippen LogP contribution in [0.15, 0.2) is 244 Å². The van der Waals surface area contributed by atoms with Crippen LogP contribution in [-0.4, -0.2) is 0 Å². The minimum absolute atomic E-state index is 0.153. The van der Waals surface area contributed by atoms with E-state index >= 15 is 0 Å². The lowest BCUT2D eigenvalue weighted by atomic mass is 9.67. The number of hydrogen-bond acceptors (Lipinski definition) is 3. The minimum Gasteiger partial charge on any atom is -0.310 e. The van der Waals surface area contributed by atoms with Gasteiger partial charge in [0.05, 0.1) is 10.8 Å². The van der Waals surface area contributed by atoms with Crippen LogP contribution in [0.2, 0.25) is 0 Å². The van der Waals surface area contributed by atoms with E-state index in [1.54, 1.807) is 0 Å². The Balaban J connectivity index is 0.988. The molecule has 0 N–H and O–H groups in total. The van der Waals surface area contributed by atoms with Gasteiger partial charge in [-0.05, 0) is 150 Å². The van der Waals surface area contributed by atoms with E-state index in [2.05, 4.69) is 243 Å². The summed E-state index contributed by atoms with van der Waals surface area (Å²) in [6, 6.07) is 85.6. The molecule has 0 aromatic heterocycles. The molecule has 320 valence electrons. The Labute approximate surface area is 406 Å². The Kier molecular flexibility index (Phi) is 7.92. The highest BCUT2D eigenvalue weighted by molar-refractivity contribution is 7.99. The lowest BCUT2D eigenvalue weighted by molar-refractivity contribution is 0.660. The van der Waals surface area contributed by atoms with Crippen molar-refractivity contribution >= 4 is 40.6 Å². The van der Waals surface area contributed by atoms with Gasteiger partial charge in [0.25, 0.3) is 0 Å². The van der Waals surface area contributed by atoms with Crippen LogP contribution >= 0.6 is 23.5 Å². The first-order chi connectivity index (χ1) is 33.5. The lowest BCUT2D eigenvalue weighted by Crippen LogP contribution is -2.32. The molecule has 1 nitrogen and oxygen atoms in total. The number of benzene rings is 10. The first-order valence-corrected chi connectivity index (χ1v) is 25.4. The maximum absolute atomic E-state index is 2.54. The van der Waals surface area contributed by atoms with Crippen molar-refractivity contribution in [2.24, 2.45) is 0 Å². The molecule has 0 amide bonds. The summed E-state index contributed by atoms with van der Waals surface area (Å²) in [7, 11) is 0. The van der Waals surface area contributed by atoms with E-state index in [9.17, 15) is 0 Å². The summed E-state index contributed by atoms with van der Waals surface area (Å²) in [6.07, 6.45) is 0. The number of anilines is 3. The van der Waals surface area contributed by atoms with Crippen LogP contribution in [0.25, 0.3) is 33.4 Å². The van der Waals surface area contributed by atoms with Crippen molar-refractivity contribution in [2.45, 2.75) is 49.7 Å². The van der Waals surface area contributed by atoms with E-state index in [-0.39, 0.29) is 5.41 Å². The molecule has 2 spiro atoms. The van der Waals surface area contributed by atoms with Gasteiger partial charge in [0.1, 0.15) is 0 Å². The standard InChI is InChI=1S/C65H43NS2/c1-63(2)49-20-6-3-17-43(49)46-34-31-42(39-58(46)63)66(40-32-35-52-47(37-40)44-18-4-7-21-50(44)64(52)54-23-9-13-27-59(54)67-60-28-14-10-24-55(60)64)41-33-36-53-48(38-41)45-19-5-8-22-51(45)65(53)56-25-11-15-29-61(56)68-62-30-16-12-26-57(62)65/h3-39H,1-2H3. The predicted molar refractivity (Wildman–Crippen MR) is 282 cm³/mol. The van der Waals surface area contributed by atoms with Crippen LogP contribution in [-0.2, 0) is 16.2 Å². The molecule has 2 heterocycles. The summed E-state index contributed by atoms with van der Waals surface area (Å²) < 4.78 is 0. The van der Waals surface area contributed by atoms with Gasteiger partial charge in [-0.15, -0.1) is 0 Å². The van der Waals surface area contributed by atoms with Crippen molar-refractivity contribution in [3.8, 4) is 33.4 Å². The fraction of sp³-hybridized carbons (Fsp3) is 0.0769. The highest BCUT2D eigenvalue weighted by Crippen LogP contribution is 2.65. The van der Waals surface area contributed by atoms with Crippen molar-refractivity contribution in [3.05, 3.63) is 280 Å². The summed E-state index contributed by atoms with van der Waals surface area (Å²) in [4.78, 5) is 7.82. The molecule has 15 rings (SSSR count). The van der Waals surface area contributed by atoms with Crippen LogP contribution in [0.3, 0.4) is 0 Å². The van der Waals surface area contributed by atoms with E-state index in [1.165, 1.54) is 109 Å². The third-order valence-corrected chi connectivity index (χ3v) is 18.3. The van der Waals surface area contributed by atoms with Crippen molar-refractivity contribution in [1.29, 1.82) is 0 Å². The van der Waals surface area contributed by atoms with Gasteiger partial charge in [0.15, 0.2) is 0 Å². The highest BCUT2D eigenvalue weighted by Gasteiger charge is 2.52. The molecule has 3 aliphatic carbocycles. The van der Waals surface area contributed by atoms with E-state index in [1.807, 2.05) is 23.5 Å². The van der Waals surface area contributed by atoms with Gasteiger partial charge in [-0.1, -0.05) is 201 Å². The predicted octanol–water partition coefficient (Wildman–Crippen LogP) is 17.1. The van der Waals surface area contributed by atoms with Crippen molar-refractivity contribution in [3.63, 3.8) is 0 Å². The topological polar surface area (TPSA) is 3.24 Å². The third-order valence-electron chi connectivity index (χ3n) is 16.0. The van der Waals surface area contributed by atoms with E-state index in [0.717, 1.165) is 17.1 Å². The molecule has 5 aliphatic rings. The second-order valence-electron chi connectivity index (χ2n) is 19.5. The normalized spacial score (nSPS) is 15.7. The van der Waals surface area contributed by atoms with Crippen molar-refractivity contribution in [1.82, 2.24) is 0 Å². The molecule has 0 unspecified atom stereocenters. The molecule has 0 atom stereocenters. The first kappa shape index (κ1) is 38.8. The molecule has 3 heteroatoms. The zero-order chi connectivity index (χ0) is 44.9. The van der Waals surface area contributed by atoms with E-state index in [4.69, 9.17) is 0 Å². The third kappa shape index (κ3) is 4.85. The molecular weight excluding hydrogens is 859 g/mol. The largest absolute Gasteiger partial charge is 0.310 e. The first-order valence-electron chi connectivity index (χ1n) is 23.7. The summed E-state index contributed by atoms with van der Waals surface area (Å²) in [5.41, 5.74) is 23.8. The van der Waals surface area contributed by atoms with Gasteiger partial charge in [-0.25, -0.2) is 0 Å².